The molecule has 134 valence electrons. The Bertz CT molecular complexity index is 818. The number of anilines is 1. The Balaban J connectivity index is 2.03. The summed E-state index contributed by atoms with van der Waals surface area (Å²) in [7, 11) is -3.60. The van der Waals surface area contributed by atoms with Crippen LogP contribution in [-0.4, -0.2) is 27.4 Å². The van der Waals surface area contributed by atoms with Gasteiger partial charge in [-0.05, 0) is 48.4 Å². The number of rotatable bonds is 7. The SMILES string of the molecule is CCc1ccc(S(=O)(=O)NCCN(C(C)=O)c2ccc(Cl)cc2)cc1. The zero-order chi connectivity index (χ0) is 18.4. The number of hydrogen-bond donors (Lipinski definition) is 1. The zero-order valence-electron chi connectivity index (χ0n) is 14.2. The van der Waals surface area contributed by atoms with E-state index in [0.29, 0.717) is 10.7 Å². The summed E-state index contributed by atoms with van der Waals surface area (Å²) in [5.41, 5.74) is 1.74. The van der Waals surface area contributed by atoms with E-state index in [1.54, 1.807) is 48.5 Å². The molecule has 0 fully saturated rings. The summed E-state index contributed by atoms with van der Waals surface area (Å²) in [6.07, 6.45) is 0.850. The minimum atomic E-state index is -3.60. The van der Waals surface area contributed by atoms with Gasteiger partial charge < -0.3 is 4.90 Å². The largest absolute Gasteiger partial charge is 0.311 e. The number of carbonyl (C=O) groups is 1. The first-order valence-electron chi connectivity index (χ1n) is 7.96. The molecule has 0 aromatic heterocycles. The molecule has 0 saturated carbocycles. The lowest BCUT2D eigenvalue weighted by atomic mass is 10.2. The minimum absolute atomic E-state index is 0.111. The molecule has 25 heavy (non-hydrogen) atoms. The number of benzene rings is 2. The normalized spacial score (nSPS) is 11.3. The highest BCUT2D eigenvalue weighted by atomic mass is 35.5. The third-order valence-corrected chi connectivity index (χ3v) is 5.52. The number of halogens is 1. The lowest BCUT2D eigenvalue weighted by molar-refractivity contribution is -0.116. The van der Waals surface area contributed by atoms with Crippen LogP contribution in [0.3, 0.4) is 0 Å². The molecule has 0 bridgehead atoms. The molecule has 0 spiro atoms. The van der Waals surface area contributed by atoms with Crippen LogP contribution < -0.4 is 9.62 Å². The summed E-state index contributed by atoms with van der Waals surface area (Å²) in [4.78, 5) is 13.6. The average molecular weight is 381 g/mol. The van der Waals surface area contributed by atoms with Crippen molar-refractivity contribution >= 4 is 33.2 Å². The molecule has 0 aliphatic rings. The fourth-order valence-corrected chi connectivity index (χ4v) is 3.52. The van der Waals surface area contributed by atoms with Gasteiger partial charge in [0.2, 0.25) is 15.9 Å². The summed E-state index contributed by atoms with van der Waals surface area (Å²) in [5.74, 6) is -0.172. The molecular formula is C18H21ClN2O3S. The second kappa shape index (κ2) is 8.47. The minimum Gasteiger partial charge on any atom is -0.311 e. The molecule has 0 aliphatic carbocycles. The lowest BCUT2D eigenvalue weighted by Crippen LogP contribution is -2.37. The summed E-state index contributed by atoms with van der Waals surface area (Å²) in [6, 6.07) is 13.6. The van der Waals surface area contributed by atoms with Gasteiger partial charge in [-0.2, -0.15) is 0 Å². The summed E-state index contributed by atoms with van der Waals surface area (Å²) in [5, 5.41) is 0.573. The van der Waals surface area contributed by atoms with Crippen molar-refractivity contribution in [1.82, 2.24) is 4.72 Å². The first kappa shape index (κ1) is 19.4. The summed E-state index contributed by atoms with van der Waals surface area (Å²) in [6.45, 7) is 3.78. The van der Waals surface area contributed by atoms with Crippen molar-refractivity contribution < 1.29 is 13.2 Å². The Kier molecular flexibility index (Phi) is 6.58. The van der Waals surface area contributed by atoms with Gasteiger partial charge >= 0.3 is 0 Å². The molecule has 0 heterocycles. The van der Waals surface area contributed by atoms with E-state index in [0.717, 1.165) is 12.0 Å². The number of carbonyl (C=O) groups excluding carboxylic acids is 1. The molecule has 0 unspecified atom stereocenters. The van der Waals surface area contributed by atoms with Crippen LogP contribution in [0.25, 0.3) is 0 Å². The van der Waals surface area contributed by atoms with Crippen LogP contribution >= 0.6 is 11.6 Å². The molecule has 0 atom stereocenters. The van der Waals surface area contributed by atoms with Gasteiger partial charge in [0.1, 0.15) is 0 Å². The number of nitrogens with one attached hydrogen (secondary N) is 1. The third-order valence-electron chi connectivity index (χ3n) is 3.79. The predicted molar refractivity (Wildman–Crippen MR) is 100 cm³/mol. The average Bonchev–Trinajstić information content (AvgIpc) is 2.59. The Hall–Kier alpha value is -1.89. The Morgan fingerprint density at radius 2 is 1.68 bits per heavy atom. The maximum atomic E-state index is 12.3. The predicted octanol–water partition coefficient (Wildman–Crippen LogP) is 3.23. The Morgan fingerprint density at radius 3 is 2.20 bits per heavy atom. The Morgan fingerprint density at radius 1 is 1.08 bits per heavy atom. The van der Waals surface area contributed by atoms with Crippen LogP contribution in [0, 0.1) is 0 Å². The molecule has 2 rings (SSSR count). The van der Waals surface area contributed by atoms with Crippen LogP contribution in [0.15, 0.2) is 53.4 Å². The highest BCUT2D eigenvalue weighted by molar-refractivity contribution is 7.89. The standard InChI is InChI=1S/C18H21ClN2O3S/c1-3-15-4-10-18(11-5-15)25(23,24)20-12-13-21(14(2)22)17-8-6-16(19)7-9-17/h4-11,20H,3,12-13H2,1-2H3. The molecule has 1 amide bonds. The molecule has 2 aromatic rings. The van der Waals surface area contributed by atoms with Crippen molar-refractivity contribution in [3.8, 4) is 0 Å². The monoisotopic (exact) mass is 380 g/mol. The highest BCUT2D eigenvalue weighted by Gasteiger charge is 2.16. The van der Waals surface area contributed by atoms with Gasteiger partial charge in [0, 0.05) is 30.7 Å². The van der Waals surface area contributed by atoms with Gasteiger partial charge in [0.05, 0.1) is 4.90 Å². The van der Waals surface area contributed by atoms with Crippen LogP contribution in [-0.2, 0) is 21.2 Å². The number of hydrogen-bond acceptors (Lipinski definition) is 3. The molecule has 0 aliphatic heterocycles. The molecule has 5 nitrogen and oxygen atoms in total. The van der Waals surface area contributed by atoms with Crippen LogP contribution in [0.2, 0.25) is 5.02 Å². The van der Waals surface area contributed by atoms with Gasteiger partial charge in [-0.1, -0.05) is 30.7 Å². The van der Waals surface area contributed by atoms with Crippen molar-refractivity contribution in [2.24, 2.45) is 0 Å². The van der Waals surface area contributed by atoms with E-state index in [1.807, 2.05) is 6.92 Å². The van der Waals surface area contributed by atoms with Crippen molar-refractivity contribution in [3.63, 3.8) is 0 Å². The Labute approximate surface area is 153 Å². The number of amides is 1. The zero-order valence-corrected chi connectivity index (χ0v) is 15.8. The topological polar surface area (TPSA) is 66.5 Å². The van der Waals surface area contributed by atoms with E-state index in [1.165, 1.54) is 11.8 Å². The van der Waals surface area contributed by atoms with E-state index in [2.05, 4.69) is 4.72 Å². The number of nitrogens with zero attached hydrogens (tertiary/aromatic N) is 1. The van der Waals surface area contributed by atoms with Crippen molar-refractivity contribution in [1.29, 1.82) is 0 Å². The second-order valence-electron chi connectivity index (χ2n) is 5.54. The van der Waals surface area contributed by atoms with Gasteiger partial charge in [0.15, 0.2) is 0 Å². The molecule has 7 heteroatoms. The van der Waals surface area contributed by atoms with Crippen molar-refractivity contribution in [2.75, 3.05) is 18.0 Å². The maximum Gasteiger partial charge on any atom is 0.240 e. The highest BCUT2D eigenvalue weighted by Crippen LogP contribution is 2.18. The maximum absolute atomic E-state index is 12.3. The van der Waals surface area contributed by atoms with E-state index in [9.17, 15) is 13.2 Å². The fourth-order valence-electron chi connectivity index (χ4n) is 2.37. The lowest BCUT2D eigenvalue weighted by Gasteiger charge is -2.21. The van der Waals surface area contributed by atoms with E-state index in [4.69, 9.17) is 11.6 Å². The van der Waals surface area contributed by atoms with Crippen LogP contribution in [0.4, 0.5) is 5.69 Å². The van der Waals surface area contributed by atoms with Crippen molar-refractivity contribution in [3.05, 3.63) is 59.1 Å². The molecule has 2 aromatic carbocycles. The number of sulfonamides is 1. The summed E-state index contributed by atoms with van der Waals surface area (Å²) < 4.78 is 27.2. The third kappa shape index (κ3) is 5.29. The van der Waals surface area contributed by atoms with Crippen molar-refractivity contribution in [2.45, 2.75) is 25.2 Å². The second-order valence-corrected chi connectivity index (χ2v) is 7.75. The van der Waals surface area contributed by atoms with Crippen LogP contribution in [0.5, 0.6) is 0 Å². The molecular weight excluding hydrogens is 360 g/mol. The fraction of sp³-hybridized carbons (Fsp3) is 0.278. The summed E-state index contributed by atoms with van der Waals surface area (Å²) >= 11 is 5.85. The van der Waals surface area contributed by atoms with Gasteiger partial charge in [0.25, 0.3) is 0 Å². The molecule has 0 radical (unpaired) electrons. The van der Waals surface area contributed by atoms with E-state index >= 15 is 0 Å². The van der Waals surface area contributed by atoms with E-state index in [-0.39, 0.29) is 23.9 Å². The molecule has 1 N–H and O–H groups in total. The molecule has 0 saturated heterocycles. The number of aryl methyl sites for hydroxylation is 1. The smallest absolute Gasteiger partial charge is 0.240 e. The van der Waals surface area contributed by atoms with Gasteiger partial charge in [-0.25, -0.2) is 13.1 Å². The van der Waals surface area contributed by atoms with Gasteiger partial charge in [-0.15, -0.1) is 0 Å². The van der Waals surface area contributed by atoms with Crippen LogP contribution in [0.1, 0.15) is 19.4 Å². The first-order chi connectivity index (χ1) is 11.8. The quantitative estimate of drug-likeness (QED) is 0.801. The van der Waals surface area contributed by atoms with E-state index < -0.39 is 10.0 Å². The van der Waals surface area contributed by atoms with Gasteiger partial charge in [-0.3, -0.25) is 4.79 Å². The first-order valence-corrected chi connectivity index (χ1v) is 9.82.